The molecule has 5 atom stereocenters. The number of allylic oxidation sites excluding steroid dienone is 3. The summed E-state index contributed by atoms with van der Waals surface area (Å²) in [6, 6.07) is 0. The lowest BCUT2D eigenvalue weighted by atomic mass is 9.44. The largest absolute Gasteiger partial charge is 0.523 e. The van der Waals surface area contributed by atoms with Crippen LogP contribution in [0.25, 0.3) is 4.85 Å². The lowest BCUT2D eigenvalue weighted by molar-refractivity contribution is -0.242. The minimum Gasteiger partial charge on any atom is -0.523 e. The van der Waals surface area contributed by atoms with Crippen LogP contribution in [0.4, 0.5) is 0 Å². The van der Waals surface area contributed by atoms with Crippen molar-refractivity contribution in [2.24, 2.45) is 34.0 Å². The number of rotatable bonds is 4. The van der Waals surface area contributed by atoms with Gasteiger partial charge in [0.25, 0.3) is 0 Å². The van der Waals surface area contributed by atoms with Crippen molar-refractivity contribution in [3.63, 3.8) is 0 Å². The van der Waals surface area contributed by atoms with E-state index in [1.165, 1.54) is 18.4 Å². The van der Waals surface area contributed by atoms with Crippen LogP contribution < -0.4 is 0 Å². The van der Waals surface area contributed by atoms with Gasteiger partial charge in [-0.15, -0.1) is 0 Å². The number of hydrogen-bond donors (Lipinski definition) is 1. The third-order valence-electron chi connectivity index (χ3n) is 10.5. The fraction of sp³-hybridized carbons (Fsp3) is 0.821. The van der Waals surface area contributed by atoms with E-state index in [1.54, 1.807) is 0 Å². The number of hydrogen-bond acceptors (Lipinski definition) is 3. The molecule has 0 aromatic rings. The van der Waals surface area contributed by atoms with Crippen LogP contribution in [0.5, 0.6) is 0 Å². The molecule has 5 aliphatic rings. The summed E-state index contributed by atoms with van der Waals surface area (Å²) in [5.74, 6) is 1.81. The van der Waals surface area contributed by atoms with Crippen LogP contribution in [0.1, 0.15) is 91.9 Å². The molecule has 1 saturated heterocycles. The maximum absolute atomic E-state index is 11.4. The molecule has 176 valence electrons. The van der Waals surface area contributed by atoms with E-state index in [4.69, 9.17) is 16.0 Å². The molecular weight excluding hydrogens is 398 g/mol. The highest BCUT2D eigenvalue weighted by Gasteiger charge is 2.67. The van der Waals surface area contributed by atoms with Crippen LogP contribution in [0, 0.1) is 40.6 Å². The van der Waals surface area contributed by atoms with Gasteiger partial charge in [-0.3, -0.25) is 0 Å². The average molecular weight is 440 g/mol. The molecule has 1 N–H and O–H groups in total. The molecule has 1 heterocycles. The van der Waals surface area contributed by atoms with Crippen LogP contribution >= 0.6 is 0 Å². The standard InChI is InChI=1S/C28H41NO3/c1-6-12-27(13-7-2)23-9-8-19-20(25(23,3)18-22(29-5)24(27)30)10-14-26(4)21(19)11-15-28(26)31-16-17-32-28/h9,19-21,30H,6-8,10-18H2,1-4H3/t19-,20+,21+,25-,26+/m1/s1. The summed E-state index contributed by atoms with van der Waals surface area (Å²) >= 11 is 0. The van der Waals surface area contributed by atoms with Crippen molar-refractivity contribution < 1.29 is 14.6 Å². The Bertz CT molecular complexity index is 870. The van der Waals surface area contributed by atoms with Gasteiger partial charge in [-0.1, -0.05) is 52.2 Å². The van der Waals surface area contributed by atoms with E-state index >= 15 is 0 Å². The molecule has 2 saturated carbocycles. The molecule has 5 rings (SSSR count). The molecule has 4 nitrogen and oxygen atoms in total. The van der Waals surface area contributed by atoms with Gasteiger partial charge in [-0.05, 0) is 68.1 Å². The molecule has 4 heteroatoms. The highest BCUT2D eigenvalue weighted by molar-refractivity contribution is 5.44. The number of fused-ring (bicyclic) bond motifs is 6. The molecule has 0 unspecified atom stereocenters. The zero-order valence-electron chi connectivity index (χ0n) is 20.5. The lowest BCUT2D eigenvalue weighted by Crippen LogP contribution is -2.56. The molecular formula is C28H41NO3. The van der Waals surface area contributed by atoms with Gasteiger partial charge < -0.3 is 14.6 Å². The second-order valence-electron chi connectivity index (χ2n) is 11.8. The lowest BCUT2D eigenvalue weighted by Gasteiger charge is -2.61. The summed E-state index contributed by atoms with van der Waals surface area (Å²) in [6.45, 7) is 18.7. The fourth-order valence-corrected chi connectivity index (χ4v) is 9.36. The van der Waals surface area contributed by atoms with Gasteiger partial charge in [0.15, 0.2) is 5.79 Å². The smallest absolute Gasteiger partial charge is 0.203 e. The third kappa shape index (κ3) is 2.67. The number of ether oxygens (including phenoxy) is 2. The van der Waals surface area contributed by atoms with E-state index in [9.17, 15) is 5.11 Å². The van der Waals surface area contributed by atoms with E-state index in [1.807, 2.05) is 0 Å². The molecule has 0 aromatic carbocycles. The Hall–Kier alpha value is -1.31. The SMILES string of the molecule is [C-]#[N+]C1=C(O)C(CCC)(CCC)C2=CC[C@@H]3[C@H](CC[C@@]4(C)[C@H]3CCC43OCCO3)[C@@]2(C)C1. The Morgan fingerprint density at radius 3 is 2.34 bits per heavy atom. The highest BCUT2D eigenvalue weighted by Crippen LogP contribution is 2.71. The van der Waals surface area contributed by atoms with Crippen molar-refractivity contribution in [1.29, 1.82) is 0 Å². The summed E-state index contributed by atoms with van der Waals surface area (Å²) in [7, 11) is 0. The summed E-state index contributed by atoms with van der Waals surface area (Å²) < 4.78 is 12.6. The molecule has 0 aromatic heterocycles. The predicted molar refractivity (Wildman–Crippen MR) is 126 cm³/mol. The van der Waals surface area contributed by atoms with Crippen molar-refractivity contribution in [3.8, 4) is 0 Å². The van der Waals surface area contributed by atoms with Gasteiger partial charge in [0.2, 0.25) is 5.70 Å². The summed E-state index contributed by atoms with van der Waals surface area (Å²) in [5.41, 5.74) is 1.81. The molecule has 4 aliphatic carbocycles. The van der Waals surface area contributed by atoms with E-state index < -0.39 is 0 Å². The molecule has 1 spiro atoms. The third-order valence-corrected chi connectivity index (χ3v) is 10.5. The minimum atomic E-state index is -0.367. The first kappa shape index (κ1) is 22.5. The first-order valence-corrected chi connectivity index (χ1v) is 13.1. The number of nitrogens with zero attached hydrogens (tertiary/aromatic N) is 1. The monoisotopic (exact) mass is 439 g/mol. The topological polar surface area (TPSA) is 43.0 Å². The molecule has 0 bridgehead atoms. The summed E-state index contributed by atoms with van der Waals surface area (Å²) in [6.07, 6.45) is 12.8. The van der Waals surface area contributed by atoms with Gasteiger partial charge in [-0.2, -0.15) is 0 Å². The Morgan fingerprint density at radius 2 is 1.72 bits per heavy atom. The van der Waals surface area contributed by atoms with E-state index in [0.29, 0.717) is 35.6 Å². The van der Waals surface area contributed by atoms with Gasteiger partial charge in [0.05, 0.1) is 19.8 Å². The van der Waals surface area contributed by atoms with Crippen molar-refractivity contribution in [2.45, 2.75) is 97.7 Å². The molecule has 0 amide bonds. The van der Waals surface area contributed by atoms with Crippen LogP contribution in [-0.4, -0.2) is 24.1 Å². The van der Waals surface area contributed by atoms with Crippen LogP contribution in [0.2, 0.25) is 0 Å². The first-order valence-electron chi connectivity index (χ1n) is 13.1. The van der Waals surface area contributed by atoms with E-state index in [0.717, 1.165) is 58.2 Å². The Labute approximate surface area is 194 Å². The van der Waals surface area contributed by atoms with Gasteiger partial charge in [0, 0.05) is 17.3 Å². The Balaban J connectivity index is 1.58. The van der Waals surface area contributed by atoms with Gasteiger partial charge >= 0.3 is 0 Å². The van der Waals surface area contributed by atoms with Crippen molar-refractivity contribution in [3.05, 3.63) is 34.5 Å². The Morgan fingerprint density at radius 1 is 1.06 bits per heavy atom. The van der Waals surface area contributed by atoms with Crippen molar-refractivity contribution in [2.75, 3.05) is 13.2 Å². The van der Waals surface area contributed by atoms with Crippen molar-refractivity contribution >= 4 is 0 Å². The molecule has 1 aliphatic heterocycles. The summed E-state index contributed by atoms with van der Waals surface area (Å²) in [5, 5.41) is 11.4. The van der Waals surface area contributed by atoms with Crippen molar-refractivity contribution in [1.82, 2.24) is 0 Å². The van der Waals surface area contributed by atoms with Crippen LogP contribution in [0.15, 0.2) is 23.1 Å². The maximum Gasteiger partial charge on any atom is 0.203 e. The highest BCUT2D eigenvalue weighted by atomic mass is 16.7. The number of aliphatic hydroxyl groups is 1. The minimum absolute atomic E-state index is 0.0339. The molecule has 0 radical (unpaired) electrons. The Kier molecular flexibility index (Phi) is 5.34. The van der Waals surface area contributed by atoms with Crippen LogP contribution in [-0.2, 0) is 9.47 Å². The normalized spacial score (nSPS) is 41.6. The second-order valence-corrected chi connectivity index (χ2v) is 11.8. The predicted octanol–water partition coefficient (Wildman–Crippen LogP) is 7.19. The van der Waals surface area contributed by atoms with Crippen LogP contribution in [0.3, 0.4) is 0 Å². The molecule has 32 heavy (non-hydrogen) atoms. The fourth-order valence-electron chi connectivity index (χ4n) is 9.36. The average Bonchev–Trinajstić information content (AvgIpc) is 3.37. The number of aliphatic hydroxyl groups excluding tert-OH is 1. The zero-order valence-corrected chi connectivity index (χ0v) is 20.5. The quantitative estimate of drug-likeness (QED) is 0.372. The second kappa shape index (κ2) is 7.60. The van der Waals surface area contributed by atoms with E-state index in [2.05, 4.69) is 38.6 Å². The maximum atomic E-state index is 11.4. The summed E-state index contributed by atoms with van der Waals surface area (Å²) in [4.78, 5) is 3.91. The van der Waals surface area contributed by atoms with E-state index in [-0.39, 0.29) is 22.0 Å². The van der Waals surface area contributed by atoms with Gasteiger partial charge in [0.1, 0.15) is 5.76 Å². The zero-order chi connectivity index (χ0) is 22.8. The molecule has 3 fully saturated rings. The first-order chi connectivity index (χ1) is 15.3. The van der Waals surface area contributed by atoms with Gasteiger partial charge in [-0.25, -0.2) is 4.85 Å².